The number of halogens is 1. The Labute approximate surface area is 221 Å². The van der Waals surface area contributed by atoms with Gasteiger partial charge in [0.2, 0.25) is 11.8 Å². The molecule has 2 aromatic heterocycles. The first-order valence-electron chi connectivity index (χ1n) is 11.4. The van der Waals surface area contributed by atoms with Gasteiger partial charge in [0.1, 0.15) is 4.83 Å². The molecule has 3 heterocycles. The van der Waals surface area contributed by atoms with E-state index in [9.17, 15) is 14.4 Å². The Morgan fingerprint density at radius 2 is 1.89 bits per heavy atom. The van der Waals surface area contributed by atoms with Crippen LogP contribution in [0.2, 0.25) is 5.02 Å². The van der Waals surface area contributed by atoms with Gasteiger partial charge in [-0.3, -0.25) is 19.0 Å². The first-order valence-corrected chi connectivity index (χ1v) is 13.6. The smallest absolute Gasteiger partial charge is 0.263 e. The molecule has 0 spiro atoms. The summed E-state index contributed by atoms with van der Waals surface area (Å²) in [6, 6.07) is 16.6. The zero-order valence-corrected chi connectivity index (χ0v) is 21.9. The molecule has 0 atom stereocenters. The van der Waals surface area contributed by atoms with Gasteiger partial charge in [0.15, 0.2) is 5.16 Å². The van der Waals surface area contributed by atoms with Crippen LogP contribution in [0.15, 0.2) is 64.5 Å². The van der Waals surface area contributed by atoms with Crippen molar-refractivity contribution in [3.63, 3.8) is 0 Å². The molecule has 2 amide bonds. The summed E-state index contributed by atoms with van der Waals surface area (Å²) < 4.78 is 1.66. The van der Waals surface area contributed by atoms with Crippen LogP contribution in [-0.2, 0) is 29.1 Å². The number of hydrogen-bond donors (Lipinski definition) is 1. The molecule has 0 unspecified atom stereocenters. The van der Waals surface area contributed by atoms with Crippen molar-refractivity contribution in [2.24, 2.45) is 0 Å². The van der Waals surface area contributed by atoms with Crippen LogP contribution in [0.4, 0.5) is 5.69 Å². The normalized spacial score (nSPS) is 13.0. The Morgan fingerprint density at radius 3 is 2.61 bits per heavy atom. The number of benzene rings is 2. The Kier molecular flexibility index (Phi) is 7.13. The van der Waals surface area contributed by atoms with Crippen LogP contribution >= 0.6 is 34.7 Å². The van der Waals surface area contributed by atoms with E-state index in [2.05, 4.69) is 5.32 Å². The predicted molar refractivity (Wildman–Crippen MR) is 145 cm³/mol. The summed E-state index contributed by atoms with van der Waals surface area (Å²) in [4.78, 5) is 46.6. The number of hydrogen-bond acceptors (Lipinski definition) is 6. The van der Waals surface area contributed by atoms with Gasteiger partial charge in [-0.2, -0.15) is 0 Å². The van der Waals surface area contributed by atoms with Gasteiger partial charge in [0.25, 0.3) is 5.56 Å². The average Bonchev–Trinajstić information content (AvgIpc) is 3.24. The van der Waals surface area contributed by atoms with Gasteiger partial charge in [-0.05, 0) is 41.8 Å². The molecular formula is C26H23ClN4O3S2. The van der Waals surface area contributed by atoms with Crippen molar-refractivity contribution in [2.45, 2.75) is 31.6 Å². The Bertz CT molecular complexity index is 1500. The zero-order chi connectivity index (χ0) is 25.2. The largest absolute Gasteiger partial charge is 0.337 e. The molecule has 1 N–H and O–H groups in total. The molecule has 5 rings (SSSR count). The quantitative estimate of drug-likeness (QED) is 0.282. The number of anilines is 1. The van der Waals surface area contributed by atoms with Crippen LogP contribution < -0.4 is 10.9 Å². The number of nitrogens with zero attached hydrogens (tertiary/aromatic N) is 3. The molecule has 0 aliphatic carbocycles. The van der Waals surface area contributed by atoms with Gasteiger partial charge >= 0.3 is 0 Å². The number of thiophene rings is 1. The number of carbonyl (C=O) groups excluding carboxylic acids is 2. The standard InChI is InChI=1S/C26H23ClN4O3S2/c1-16(32)30-12-11-20-21(14-30)36-24-23(20)25(34)31(13-17-5-3-2-4-6-17)26(29-24)35-15-22(33)28-19-9-7-18(27)8-10-19/h2-10H,11-15H2,1H3,(H,28,33). The summed E-state index contributed by atoms with van der Waals surface area (Å²) >= 11 is 8.61. The number of aromatic nitrogens is 2. The van der Waals surface area contributed by atoms with Crippen LogP contribution in [0.5, 0.6) is 0 Å². The fraction of sp³-hybridized carbons (Fsp3) is 0.231. The van der Waals surface area contributed by atoms with Crippen LogP contribution in [0, 0.1) is 0 Å². The number of amides is 2. The maximum atomic E-state index is 13.8. The number of fused-ring (bicyclic) bond motifs is 3. The molecule has 7 nitrogen and oxygen atoms in total. The second kappa shape index (κ2) is 10.5. The number of rotatable bonds is 6. The van der Waals surface area contributed by atoms with Crippen molar-refractivity contribution >= 4 is 62.4 Å². The van der Waals surface area contributed by atoms with E-state index in [-0.39, 0.29) is 23.1 Å². The van der Waals surface area contributed by atoms with Crippen molar-refractivity contribution in [3.8, 4) is 0 Å². The van der Waals surface area contributed by atoms with Crippen molar-refractivity contribution in [3.05, 3.63) is 86.0 Å². The van der Waals surface area contributed by atoms with E-state index in [1.807, 2.05) is 30.3 Å². The van der Waals surface area contributed by atoms with Crippen LogP contribution in [0.3, 0.4) is 0 Å². The van der Waals surface area contributed by atoms with Crippen molar-refractivity contribution in [1.29, 1.82) is 0 Å². The van der Waals surface area contributed by atoms with E-state index in [1.165, 1.54) is 23.1 Å². The van der Waals surface area contributed by atoms with Crippen LogP contribution in [-0.4, -0.2) is 38.6 Å². The molecule has 36 heavy (non-hydrogen) atoms. The summed E-state index contributed by atoms with van der Waals surface area (Å²) in [5, 5.41) is 4.56. The highest BCUT2D eigenvalue weighted by Crippen LogP contribution is 2.34. The highest BCUT2D eigenvalue weighted by molar-refractivity contribution is 7.99. The molecule has 0 radical (unpaired) electrons. The Hall–Kier alpha value is -3.14. The van der Waals surface area contributed by atoms with E-state index < -0.39 is 0 Å². The molecule has 0 saturated carbocycles. The maximum Gasteiger partial charge on any atom is 0.263 e. The predicted octanol–water partition coefficient (Wildman–Crippen LogP) is 4.80. The lowest BCUT2D eigenvalue weighted by Gasteiger charge is -2.25. The number of nitrogens with one attached hydrogen (secondary N) is 1. The second-order valence-electron chi connectivity index (χ2n) is 8.49. The van der Waals surface area contributed by atoms with E-state index >= 15 is 0 Å². The minimum atomic E-state index is -0.203. The summed E-state index contributed by atoms with van der Waals surface area (Å²) in [5.41, 5.74) is 2.50. The topological polar surface area (TPSA) is 84.3 Å². The highest BCUT2D eigenvalue weighted by atomic mass is 35.5. The fourth-order valence-corrected chi connectivity index (χ4v) is 6.40. The lowest BCUT2D eigenvalue weighted by atomic mass is 10.1. The minimum absolute atomic E-state index is 0.0236. The van der Waals surface area contributed by atoms with E-state index in [0.717, 1.165) is 16.0 Å². The molecule has 10 heteroatoms. The molecule has 1 aliphatic heterocycles. The molecule has 4 aromatic rings. The summed E-state index contributed by atoms with van der Waals surface area (Å²) in [7, 11) is 0. The Morgan fingerprint density at radius 1 is 1.14 bits per heavy atom. The van der Waals surface area contributed by atoms with Gasteiger partial charge in [-0.15, -0.1) is 11.3 Å². The molecule has 0 fully saturated rings. The number of carbonyl (C=O) groups is 2. The summed E-state index contributed by atoms with van der Waals surface area (Å²) in [6.07, 6.45) is 0.632. The van der Waals surface area contributed by atoms with Gasteiger partial charge in [-0.25, -0.2) is 4.98 Å². The minimum Gasteiger partial charge on any atom is -0.337 e. The fourth-order valence-electron chi connectivity index (χ4n) is 4.20. The van der Waals surface area contributed by atoms with E-state index in [0.29, 0.717) is 52.1 Å². The van der Waals surface area contributed by atoms with Gasteiger partial charge < -0.3 is 10.2 Å². The summed E-state index contributed by atoms with van der Waals surface area (Å²) in [5.74, 6) is -0.0838. The first kappa shape index (κ1) is 24.5. The maximum absolute atomic E-state index is 13.8. The monoisotopic (exact) mass is 538 g/mol. The average molecular weight is 539 g/mol. The lowest BCUT2D eigenvalue weighted by Crippen LogP contribution is -2.34. The van der Waals surface area contributed by atoms with Crippen LogP contribution in [0.1, 0.15) is 22.9 Å². The van der Waals surface area contributed by atoms with Crippen molar-refractivity contribution in [1.82, 2.24) is 14.5 Å². The third-order valence-electron chi connectivity index (χ3n) is 6.01. The molecule has 2 aromatic carbocycles. The SMILES string of the molecule is CC(=O)N1CCc2c(sc3nc(SCC(=O)Nc4ccc(Cl)cc4)n(Cc4ccccc4)c(=O)c23)C1. The molecule has 0 saturated heterocycles. The molecule has 1 aliphatic rings. The van der Waals surface area contributed by atoms with Crippen LogP contribution in [0.25, 0.3) is 10.2 Å². The highest BCUT2D eigenvalue weighted by Gasteiger charge is 2.26. The van der Waals surface area contributed by atoms with Gasteiger partial charge in [0, 0.05) is 29.1 Å². The number of thioether (sulfide) groups is 1. The van der Waals surface area contributed by atoms with Crippen molar-refractivity contribution < 1.29 is 9.59 Å². The molecular weight excluding hydrogens is 516 g/mol. The van der Waals surface area contributed by atoms with E-state index in [4.69, 9.17) is 16.6 Å². The first-order chi connectivity index (χ1) is 17.4. The molecule has 184 valence electrons. The zero-order valence-electron chi connectivity index (χ0n) is 19.5. The molecule has 0 bridgehead atoms. The summed E-state index contributed by atoms with van der Waals surface area (Å²) in [6.45, 7) is 3.00. The lowest BCUT2D eigenvalue weighted by molar-refractivity contribution is -0.129. The van der Waals surface area contributed by atoms with Gasteiger partial charge in [0.05, 0.1) is 24.2 Å². The van der Waals surface area contributed by atoms with Gasteiger partial charge in [-0.1, -0.05) is 53.7 Å². The third kappa shape index (κ3) is 5.18. The Balaban J connectivity index is 1.48. The van der Waals surface area contributed by atoms with Crippen molar-refractivity contribution in [2.75, 3.05) is 17.6 Å². The van der Waals surface area contributed by atoms with E-state index in [1.54, 1.807) is 40.7 Å². The third-order valence-corrected chi connectivity index (χ3v) is 8.35. The second-order valence-corrected chi connectivity index (χ2v) is 11.0.